The Hall–Kier alpha value is -3.10. The number of carbonyl (C=O) groups is 2. The lowest BCUT2D eigenvalue weighted by Crippen LogP contribution is -2.28. The van der Waals surface area contributed by atoms with Crippen LogP contribution in [0.1, 0.15) is 37.2 Å². The molecule has 8 heteroatoms. The average Bonchev–Trinajstić information content (AvgIpc) is 3.24. The van der Waals surface area contributed by atoms with Crippen molar-refractivity contribution in [2.75, 3.05) is 25.5 Å². The number of nitrogens with one attached hydrogen (secondary N) is 2. The van der Waals surface area contributed by atoms with E-state index in [4.69, 9.17) is 0 Å². The van der Waals surface area contributed by atoms with Crippen LogP contribution < -0.4 is 10.6 Å². The van der Waals surface area contributed by atoms with Crippen molar-refractivity contribution in [1.29, 1.82) is 0 Å². The molecular formula is C22H25N5O2S. The molecule has 2 N–H and O–H groups in total. The SMILES string of the molecule is Cc1ccc(NC(=O)c2nnc(C(=O)NCCCN(C)Cc3ccccc3)s2)cc1. The molecule has 0 saturated heterocycles. The van der Waals surface area contributed by atoms with Crippen molar-refractivity contribution in [3.05, 3.63) is 75.7 Å². The summed E-state index contributed by atoms with van der Waals surface area (Å²) in [5, 5.41) is 13.6. The Kier molecular flexibility index (Phi) is 7.64. The molecular weight excluding hydrogens is 398 g/mol. The van der Waals surface area contributed by atoms with Crippen LogP contribution >= 0.6 is 11.3 Å². The van der Waals surface area contributed by atoms with Crippen LogP contribution in [0.2, 0.25) is 0 Å². The average molecular weight is 424 g/mol. The first-order valence-corrected chi connectivity index (χ1v) is 10.5. The number of rotatable bonds is 9. The summed E-state index contributed by atoms with van der Waals surface area (Å²) in [4.78, 5) is 26.8. The number of aryl methyl sites for hydroxylation is 1. The number of benzene rings is 2. The number of aromatic nitrogens is 2. The molecule has 2 aromatic carbocycles. The fourth-order valence-electron chi connectivity index (χ4n) is 2.83. The normalized spacial score (nSPS) is 10.8. The zero-order valence-electron chi connectivity index (χ0n) is 17.1. The van der Waals surface area contributed by atoms with Crippen molar-refractivity contribution in [2.45, 2.75) is 19.9 Å². The Morgan fingerprint density at radius 3 is 2.33 bits per heavy atom. The van der Waals surface area contributed by atoms with Gasteiger partial charge in [0.15, 0.2) is 0 Å². The van der Waals surface area contributed by atoms with Gasteiger partial charge in [0.25, 0.3) is 11.8 Å². The lowest BCUT2D eigenvalue weighted by molar-refractivity contribution is 0.0949. The largest absolute Gasteiger partial charge is 0.350 e. The number of amides is 2. The first-order chi connectivity index (χ1) is 14.5. The molecule has 0 spiro atoms. The van der Waals surface area contributed by atoms with Crippen LogP contribution in [0.5, 0.6) is 0 Å². The van der Waals surface area contributed by atoms with Crippen molar-refractivity contribution in [2.24, 2.45) is 0 Å². The minimum absolute atomic E-state index is 0.156. The van der Waals surface area contributed by atoms with Gasteiger partial charge in [0.1, 0.15) is 0 Å². The van der Waals surface area contributed by atoms with Gasteiger partial charge in [-0.05, 0) is 44.6 Å². The minimum atomic E-state index is -0.377. The Labute approximate surface area is 180 Å². The molecule has 30 heavy (non-hydrogen) atoms. The Morgan fingerprint density at radius 2 is 1.63 bits per heavy atom. The lowest BCUT2D eigenvalue weighted by atomic mass is 10.2. The smallest absolute Gasteiger partial charge is 0.286 e. The summed E-state index contributed by atoms with van der Waals surface area (Å²) < 4.78 is 0. The van der Waals surface area contributed by atoms with E-state index in [1.165, 1.54) is 5.56 Å². The number of hydrogen-bond donors (Lipinski definition) is 2. The van der Waals surface area contributed by atoms with E-state index in [2.05, 4.69) is 44.9 Å². The highest BCUT2D eigenvalue weighted by Crippen LogP contribution is 2.14. The molecule has 2 amide bonds. The number of nitrogens with zero attached hydrogens (tertiary/aromatic N) is 3. The molecule has 0 aliphatic rings. The van der Waals surface area contributed by atoms with Crippen LogP contribution in [0.4, 0.5) is 5.69 Å². The summed E-state index contributed by atoms with van der Waals surface area (Å²) >= 11 is 0.981. The van der Waals surface area contributed by atoms with Gasteiger partial charge in [-0.2, -0.15) is 0 Å². The third-order valence-corrected chi connectivity index (χ3v) is 5.34. The Balaban J connectivity index is 1.41. The predicted molar refractivity (Wildman–Crippen MR) is 119 cm³/mol. The molecule has 0 aliphatic carbocycles. The molecule has 0 atom stereocenters. The van der Waals surface area contributed by atoms with E-state index in [-0.39, 0.29) is 21.8 Å². The van der Waals surface area contributed by atoms with E-state index in [9.17, 15) is 9.59 Å². The molecule has 3 aromatic rings. The third kappa shape index (κ3) is 6.47. The lowest BCUT2D eigenvalue weighted by Gasteiger charge is -2.16. The van der Waals surface area contributed by atoms with Gasteiger partial charge in [-0.3, -0.25) is 9.59 Å². The Bertz CT molecular complexity index is 973. The van der Waals surface area contributed by atoms with E-state index >= 15 is 0 Å². The van der Waals surface area contributed by atoms with Gasteiger partial charge in [-0.1, -0.05) is 59.4 Å². The maximum Gasteiger partial charge on any atom is 0.286 e. The first-order valence-electron chi connectivity index (χ1n) is 9.73. The predicted octanol–water partition coefficient (Wildman–Crippen LogP) is 3.35. The second-order valence-electron chi connectivity index (χ2n) is 7.07. The molecule has 156 valence electrons. The summed E-state index contributed by atoms with van der Waals surface area (Å²) in [7, 11) is 2.05. The molecule has 1 heterocycles. The summed E-state index contributed by atoms with van der Waals surface area (Å²) in [6.45, 7) is 4.23. The van der Waals surface area contributed by atoms with Crippen LogP contribution in [0.3, 0.4) is 0 Å². The minimum Gasteiger partial charge on any atom is -0.350 e. The van der Waals surface area contributed by atoms with Crippen molar-refractivity contribution < 1.29 is 9.59 Å². The third-order valence-electron chi connectivity index (χ3n) is 4.42. The fraction of sp³-hybridized carbons (Fsp3) is 0.273. The van der Waals surface area contributed by atoms with Crippen LogP contribution in [-0.2, 0) is 6.54 Å². The summed E-state index contributed by atoms with van der Waals surface area (Å²) in [6.07, 6.45) is 0.814. The summed E-state index contributed by atoms with van der Waals surface area (Å²) in [5.74, 6) is -0.689. The van der Waals surface area contributed by atoms with Gasteiger partial charge in [0.05, 0.1) is 0 Å². The topological polar surface area (TPSA) is 87.2 Å². The van der Waals surface area contributed by atoms with Gasteiger partial charge in [-0.25, -0.2) is 0 Å². The van der Waals surface area contributed by atoms with Gasteiger partial charge < -0.3 is 15.5 Å². The number of hydrogen-bond acceptors (Lipinski definition) is 6. The highest BCUT2D eigenvalue weighted by atomic mass is 32.1. The number of anilines is 1. The number of carbonyl (C=O) groups excluding carboxylic acids is 2. The fourth-order valence-corrected chi connectivity index (χ4v) is 3.48. The van der Waals surface area contributed by atoms with E-state index in [1.54, 1.807) is 0 Å². The van der Waals surface area contributed by atoms with Gasteiger partial charge in [-0.15, -0.1) is 10.2 Å². The highest BCUT2D eigenvalue weighted by Gasteiger charge is 2.17. The summed E-state index contributed by atoms with van der Waals surface area (Å²) in [5.41, 5.74) is 3.04. The van der Waals surface area contributed by atoms with Crippen molar-refractivity contribution in [3.8, 4) is 0 Å². The van der Waals surface area contributed by atoms with E-state index < -0.39 is 0 Å². The van der Waals surface area contributed by atoms with Crippen molar-refractivity contribution >= 4 is 28.8 Å². The molecule has 3 rings (SSSR count). The van der Waals surface area contributed by atoms with Crippen LogP contribution in [0, 0.1) is 6.92 Å². The van der Waals surface area contributed by atoms with E-state index in [0.717, 1.165) is 36.4 Å². The zero-order chi connectivity index (χ0) is 21.3. The molecule has 0 unspecified atom stereocenters. The summed E-state index contributed by atoms with van der Waals surface area (Å²) in [6, 6.07) is 17.7. The van der Waals surface area contributed by atoms with E-state index in [1.807, 2.05) is 49.4 Å². The molecule has 1 aromatic heterocycles. The van der Waals surface area contributed by atoms with E-state index in [0.29, 0.717) is 12.2 Å². The van der Waals surface area contributed by atoms with Crippen LogP contribution in [0.25, 0.3) is 0 Å². The molecule has 0 saturated carbocycles. The Morgan fingerprint density at radius 1 is 0.967 bits per heavy atom. The second-order valence-corrected chi connectivity index (χ2v) is 8.04. The maximum absolute atomic E-state index is 12.3. The molecule has 0 aliphatic heterocycles. The first kappa shape index (κ1) is 21.6. The monoisotopic (exact) mass is 423 g/mol. The van der Waals surface area contributed by atoms with Crippen molar-refractivity contribution in [3.63, 3.8) is 0 Å². The maximum atomic E-state index is 12.3. The van der Waals surface area contributed by atoms with Crippen LogP contribution in [0.15, 0.2) is 54.6 Å². The van der Waals surface area contributed by atoms with Gasteiger partial charge in [0, 0.05) is 18.8 Å². The quantitative estimate of drug-likeness (QED) is 0.516. The standard InChI is InChI=1S/C22H25N5O2S/c1-16-9-11-18(12-10-16)24-20(29)22-26-25-21(30-22)19(28)23-13-6-14-27(2)15-17-7-4-3-5-8-17/h3-5,7-12H,6,13-15H2,1-2H3,(H,23,28)(H,24,29). The molecule has 0 fully saturated rings. The zero-order valence-corrected chi connectivity index (χ0v) is 17.9. The van der Waals surface area contributed by atoms with Gasteiger partial charge in [0.2, 0.25) is 10.0 Å². The second kappa shape index (κ2) is 10.6. The van der Waals surface area contributed by atoms with Gasteiger partial charge >= 0.3 is 0 Å². The van der Waals surface area contributed by atoms with Crippen LogP contribution in [-0.4, -0.2) is 47.0 Å². The molecule has 0 bridgehead atoms. The molecule has 0 radical (unpaired) electrons. The highest BCUT2D eigenvalue weighted by molar-refractivity contribution is 7.15. The van der Waals surface area contributed by atoms with Crippen molar-refractivity contribution in [1.82, 2.24) is 20.4 Å². The molecule has 7 nitrogen and oxygen atoms in total.